The first-order chi connectivity index (χ1) is 19.7. The van der Waals surface area contributed by atoms with E-state index in [1.807, 2.05) is 30.0 Å². The number of rotatable bonds is 16. The average Bonchev–Trinajstić information content (AvgIpc) is 2.97. The molecule has 0 bridgehead atoms. The Balaban J connectivity index is 1.52. The van der Waals surface area contributed by atoms with Crippen LogP contribution in [0.1, 0.15) is 53.2 Å². The minimum atomic E-state index is -1.28. The average molecular weight is 594 g/mol. The van der Waals surface area contributed by atoms with E-state index in [4.69, 9.17) is 14.9 Å². The number of hydrogen-bond donors (Lipinski definition) is 7. The van der Waals surface area contributed by atoms with Gasteiger partial charge in [0.05, 0.1) is 25.4 Å². The molecule has 0 saturated carbocycles. The highest BCUT2D eigenvalue weighted by Crippen LogP contribution is 2.36. The first kappa shape index (κ1) is 33.9. The molecule has 10 heteroatoms. The van der Waals surface area contributed by atoms with Gasteiger partial charge in [0.15, 0.2) is 0 Å². The fourth-order valence-corrected chi connectivity index (χ4v) is 5.90. The number of thioether (sulfide) groups is 1. The molecule has 1 aliphatic rings. The molecule has 7 N–H and O–H groups in total. The minimum Gasteiger partial charge on any atom is -0.394 e. The zero-order chi connectivity index (χ0) is 29.9. The molecule has 9 nitrogen and oxygen atoms in total. The van der Waals surface area contributed by atoms with Gasteiger partial charge in [-0.15, -0.1) is 11.8 Å². The van der Waals surface area contributed by atoms with Gasteiger partial charge in [-0.1, -0.05) is 48.9 Å². The lowest BCUT2D eigenvalue weighted by atomic mass is 9.91. The Hall–Kier alpha value is -1.57. The second-order valence-electron chi connectivity index (χ2n) is 11.1. The van der Waals surface area contributed by atoms with Crippen molar-refractivity contribution in [2.45, 2.75) is 81.1 Å². The molecule has 41 heavy (non-hydrogen) atoms. The highest BCUT2D eigenvalue weighted by atomic mass is 32.2. The highest BCUT2D eigenvalue weighted by Gasteiger charge is 2.44. The SMILES string of the molecule is CSC1OC(c2ccc(C)c(Cc3ccc(CCCCCN(CC(O)CO)CC(O)CO)cc3)c2)C(O)C(O)C1O. The standard InChI is InChI=1S/C31H47NO8S/c1-20-7-12-23(30-28(38)27(37)29(39)31(40-30)41-2)15-24(20)14-22-10-8-21(9-11-22)6-4-3-5-13-32(16-25(35)18-33)17-26(36)19-34/h7-12,15,25-31,33-39H,3-6,13-14,16-19H2,1-2H3. The number of unbranched alkanes of at least 4 members (excludes halogenated alkanes) is 2. The number of aliphatic hydroxyl groups excluding tert-OH is 7. The minimum absolute atomic E-state index is 0.259. The Morgan fingerprint density at radius 1 is 0.829 bits per heavy atom. The molecule has 0 radical (unpaired) electrons. The Morgan fingerprint density at radius 2 is 1.46 bits per heavy atom. The number of hydrogen-bond acceptors (Lipinski definition) is 10. The van der Waals surface area contributed by atoms with Gasteiger partial charge in [-0.2, -0.15) is 0 Å². The van der Waals surface area contributed by atoms with Crippen LogP contribution in [0.25, 0.3) is 0 Å². The molecule has 2 aromatic rings. The third kappa shape index (κ3) is 10.00. The number of aryl methyl sites for hydroxylation is 2. The summed E-state index contributed by atoms with van der Waals surface area (Å²) in [5.74, 6) is 0. The van der Waals surface area contributed by atoms with E-state index < -0.39 is 42.1 Å². The zero-order valence-electron chi connectivity index (χ0n) is 24.0. The van der Waals surface area contributed by atoms with Crippen molar-refractivity contribution < 1.29 is 40.5 Å². The first-order valence-electron chi connectivity index (χ1n) is 14.4. The van der Waals surface area contributed by atoms with Crippen molar-refractivity contribution in [2.24, 2.45) is 0 Å². The predicted molar refractivity (Wildman–Crippen MR) is 160 cm³/mol. The molecule has 1 heterocycles. The van der Waals surface area contributed by atoms with Crippen LogP contribution in [0.4, 0.5) is 0 Å². The monoisotopic (exact) mass is 593 g/mol. The van der Waals surface area contributed by atoms with Gasteiger partial charge in [0.25, 0.3) is 0 Å². The van der Waals surface area contributed by atoms with Crippen molar-refractivity contribution in [3.63, 3.8) is 0 Å². The molecule has 230 valence electrons. The van der Waals surface area contributed by atoms with Crippen LogP contribution in [-0.4, -0.2) is 116 Å². The highest BCUT2D eigenvalue weighted by molar-refractivity contribution is 7.99. The summed E-state index contributed by atoms with van der Waals surface area (Å²) < 4.78 is 5.95. The topological polar surface area (TPSA) is 154 Å². The number of benzene rings is 2. The molecular formula is C31H47NO8S. The summed E-state index contributed by atoms with van der Waals surface area (Å²) >= 11 is 1.30. The summed E-state index contributed by atoms with van der Waals surface area (Å²) in [6.07, 6.45) is 0.221. The second kappa shape index (κ2) is 16.9. The first-order valence-corrected chi connectivity index (χ1v) is 15.7. The van der Waals surface area contributed by atoms with Gasteiger partial charge in [-0.05, 0) is 73.2 Å². The Morgan fingerprint density at radius 3 is 2.07 bits per heavy atom. The van der Waals surface area contributed by atoms with Crippen molar-refractivity contribution in [1.29, 1.82) is 0 Å². The second-order valence-corrected chi connectivity index (χ2v) is 12.0. The zero-order valence-corrected chi connectivity index (χ0v) is 24.9. The summed E-state index contributed by atoms with van der Waals surface area (Å²) in [6.45, 7) is 2.57. The summed E-state index contributed by atoms with van der Waals surface area (Å²) in [5.41, 5.74) is 4.80. The van der Waals surface area contributed by atoms with Crippen LogP contribution in [0.3, 0.4) is 0 Å². The quantitative estimate of drug-likeness (QED) is 0.141. The molecule has 3 rings (SSSR count). The Kier molecular flexibility index (Phi) is 14.0. The van der Waals surface area contributed by atoms with Crippen molar-refractivity contribution in [1.82, 2.24) is 4.90 Å². The van der Waals surface area contributed by atoms with Crippen LogP contribution in [0.15, 0.2) is 42.5 Å². The van der Waals surface area contributed by atoms with E-state index in [0.29, 0.717) is 6.54 Å². The van der Waals surface area contributed by atoms with E-state index in [1.165, 1.54) is 17.3 Å². The summed E-state index contributed by atoms with van der Waals surface area (Å²) in [5, 5.41) is 68.8. The Labute approximate surface area is 247 Å². The lowest BCUT2D eigenvalue weighted by Gasteiger charge is -2.40. The maximum atomic E-state index is 10.6. The molecule has 0 aliphatic carbocycles. The molecule has 7 atom stereocenters. The van der Waals surface area contributed by atoms with E-state index in [9.17, 15) is 25.5 Å². The van der Waals surface area contributed by atoms with E-state index >= 15 is 0 Å². The van der Waals surface area contributed by atoms with E-state index in [1.54, 1.807) is 6.26 Å². The van der Waals surface area contributed by atoms with E-state index in [0.717, 1.165) is 54.4 Å². The molecule has 1 saturated heterocycles. The summed E-state index contributed by atoms with van der Waals surface area (Å²) in [7, 11) is 0. The summed E-state index contributed by atoms with van der Waals surface area (Å²) in [4.78, 5) is 1.88. The molecule has 2 aromatic carbocycles. The Bertz CT molecular complexity index is 1030. The van der Waals surface area contributed by atoms with Gasteiger partial charge >= 0.3 is 0 Å². The maximum absolute atomic E-state index is 10.6. The smallest absolute Gasteiger partial charge is 0.132 e. The van der Waals surface area contributed by atoms with Gasteiger partial charge in [-0.25, -0.2) is 0 Å². The molecule has 0 spiro atoms. The number of aliphatic hydroxyl groups is 7. The van der Waals surface area contributed by atoms with Gasteiger partial charge in [0.2, 0.25) is 0 Å². The van der Waals surface area contributed by atoms with Crippen LogP contribution in [0.5, 0.6) is 0 Å². The molecular weight excluding hydrogens is 546 g/mol. The molecule has 0 aromatic heterocycles. The normalized spacial score (nSPS) is 24.5. The largest absolute Gasteiger partial charge is 0.394 e. The molecule has 0 amide bonds. The van der Waals surface area contributed by atoms with Gasteiger partial charge in [-0.3, -0.25) is 4.90 Å². The van der Waals surface area contributed by atoms with Crippen LogP contribution in [0.2, 0.25) is 0 Å². The van der Waals surface area contributed by atoms with Gasteiger partial charge in [0, 0.05) is 13.1 Å². The lowest BCUT2D eigenvalue weighted by Crippen LogP contribution is -2.52. The lowest BCUT2D eigenvalue weighted by molar-refractivity contribution is -0.200. The number of ether oxygens (including phenoxy) is 1. The van der Waals surface area contributed by atoms with Gasteiger partial charge in [0.1, 0.15) is 29.9 Å². The van der Waals surface area contributed by atoms with E-state index in [2.05, 4.69) is 24.3 Å². The van der Waals surface area contributed by atoms with Crippen molar-refractivity contribution in [2.75, 3.05) is 39.1 Å². The summed E-state index contributed by atoms with van der Waals surface area (Å²) in [6, 6.07) is 14.5. The fraction of sp³-hybridized carbons (Fsp3) is 0.613. The molecule has 7 unspecified atom stereocenters. The predicted octanol–water partition coefficient (Wildman–Crippen LogP) is 1.15. The maximum Gasteiger partial charge on any atom is 0.132 e. The third-order valence-electron chi connectivity index (χ3n) is 7.72. The van der Waals surface area contributed by atoms with Crippen LogP contribution < -0.4 is 0 Å². The van der Waals surface area contributed by atoms with Crippen molar-refractivity contribution >= 4 is 11.8 Å². The van der Waals surface area contributed by atoms with Gasteiger partial charge < -0.3 is 40.5 Å². The molecule has 1 fully saturated rings. The van der Waals surface area contributed by atoms with Crippen LogP contribution in [-0.2, 0) is 17.6 Å². The number of nitrogens with zero attached hydrogens (tertiary/aromatic N) is 1. The van der Waals surface area contributed by atoms with Crippen LogP contribution >= 0.6 is 11.8 Å². The van der Waals surface area contributed by atoms with Crippen LogP contribution in [0, 0.1) is 6.92 Å². The fourth-order valence-electron chi connectivity index (χ4n) is 5.23. The van der Waals surface area contributed by atoms with E-state index in [-0.39, 0.29) is 26.3 Å². The van der Waals surface area contributed by atoms with Crippen molar-refractivity contribution in [3.05, 3.63) is 70.3 Å². The molecule has 1 aliphatic heterocycles. The van der Waals surface area contributed by atoms with Crippen molar-refractivity contribution in [3.8, 4) is 0 Å². The third-order valence-corrected chi connectivity index (χ3v) is 8.57.